The Bertz CT molecular complexity index is 2740. The minimum Gasteiger partial charge on any atom is -0.371 e. The lowest BCUT2D eigenvalue weighted by Gasteiger charge is -2.44. The predicted molar refractivity (Wildman–Crippen MR) is 248 cm³/mol. The quantitative estimate of drug-likeness (QED) is 0.170. The van der Waals surface area contributed by atoms with E-state index in [0.29, 0.717) is 0 Å². The molecular formula is C55H53N3. The monoisotopic (exact) mass is 755 g/mol. The van der Waals surface area contributed by atoms with Crippen molar-refractivity contribution in [2.75, 3.05) is 18.0 Å². The van der Waals surface area contributed by atoms with Gasteiger partial charge in [-0.25, -0.2) is 0 Å². The fourth-order valence-corrected chi connectivity index (χ4v) is 11.0. The van der Waals surface area contributed by atoms with Crippen molar-refractivity contribution in [2.45, 2.75) is 73.6 Å². The Balaban J connectivity index is 1.11. The van der Waals surface area contributed by atoms with Crippen LogP contribution in [-0.4, -0.2) is 22.2 Å². The molecule has 0 atom stereocenters. The van der Waals surface area contributed by atoms with Crippen LogP contribution in [-0.2, 0) is 5.41 Å². The number of nitrogens with zero attached hydrogens (tertiary/aromatic N) is 3. The van der Waals surface area contributed by atoms with Gasteiger partial charge in [-0.15, -0.1) is 0 Å². The van der Waals surface area contributed by atoms with E-state index in [2.05, 4.69) is 197 Å². The van der Waals surface area contributed by atoms with Crippen molar-refractivity contribution >= 4 is 49.3 Å². The van der Waals surface area contributed by atoms with Crippen LogP contribution in [0.15, 0.2) is 127 Å². The van der Waals surface area contributed by atoms with Gasteiger partial charge < -0.3 is 14.0 Å². The molecule has 0 N–H and O–H groups in total. The molecule has 3 heterocycles. The van der Waals surface area contributed by atoms with E-state index in [1.807, 2.05) is 0 Å². The van der Waals surface area contributed by atoms with Crippen LogP contribution in [0.25, 0.3) is 55.0 Å². The number of fused-ring (bicyclic) bond motifs is 6. The summed E-state index contributed by atoms with van der Waals surface area (Å²) in [5.41, 5.74) is 22.1. The summed E-state index contributed by atoms with van der Waals surface area (Å²) >= 11 is 0. The molecule has 3 nitrogen and oxygen atoms in total. The van der Waals surface area contributed by atoms with Gasteiger partial charge in [0, 0.05) is 57.1 Å². The number of piperidine rings is 1. The number of aromatic nitrogens is 2. The van der Waals surface area contributed by atoms with E-state index in [4.69, 9.17) is 0 Å². The molecule has 1 aliphatic heterocycles. The second-order valence-corrected chi connectivity index (χ2v) is 17.6. The standard InChI is InChI=1S/C55H53N3/c1-34-26-38(5)51-47(30-34)57(48-31-35(2)27-39(6)52(48)51)45-18-14-42(15-19-45)55(22-24-56(25-23-55)44-12-10-9-11-13-44)43-16-20-46(21-17-43)58-49-32-36(3)28-40(7)53(49)54-41(8)29-37(4)33-50(54)58/h9-21,26-33H,22-25H2,1-8H3. The second-order valence-electron chi connectivity index (χ2n) is 17.6. The second kappa shape index (κ2) is 13.5. The molecule has 10 rings (SSSR count). The molecular weight excluding hydrogens is 703 g/mol. The molecule has 3 heteroatoms. The van der Waals surface area contributed by atoms with Gasteiger partial charge in [0.1, 0.15) is 0 Å². The van der Waals surface area contributed by atoms with Gasteiger partial charge in [0.2, 0.25) is 0 Å². The normalized spacial score (nSPS) is 14.4. The van der Waals surface area contributed by atoms with Crippen molar-refractivity contribution in [3.8, 4) is 11.4 Å². The summed E-state index contributed by atoms with van der Waals surface area (Å²) in [5.74, 6) is 0. The first kappa shape index (κ1) is 36.3. The third-order valence-electron chi connectivity index (χ3n) is 13.4. The van der Waals surface area contributed by atoms with Crippen LogP contribution < -0.4 is 4.90 Å². The highest BCUT2D eigenvalue weighted by molar-refractivity contribution is 6.13. The van der Waals surface area contributed by atoms with Crippen molar-refractivity contribution in [3.63, 3.8) is 0 Å². The van der Waals surface area contributed by atoms with E-state index in [-0.39, 0.29) is 5.41 Å². The minimum atomic E-state index is -0.120. The molecule has 288 valence electrons. The molecule has 0 bridgehead atoms. The lowest BCUT2D eigenvalue weighted by Crippen LogP contribution is -2.43. The van der Waals surface area contributed by atoms with Crippen LogP contribution in [0, 0.1) is 55.4 Å². The average molecular weight is 756 g/mol. The van der Waals surface area contributed by atoms with Gasteiger partial charge in [0.05, 0.1) is 22.1 Å². The summed E-state index contributed by atoms with van der Waals surface area (Å²) in [6, 6.07) is 49.1. The minimum absolute atomic E-state index is 0.120. The van der Waals surface area contributed by atoms with Gasteiger partial charge in [0.15, 0.2) is 0 Å². The fourth-order valence-electron chi connectivity index (χ4n) is 11.0. The van der Waals surface area contributed by atoms with Crippen molar-refractivity contribution in [1.82, 2.24) is 9.13 Å². The number of hydrogen-bond donors (Lipinski definition) is 0. The molecule has 1 aliphatic rings. The molecule has 58 heavy (non-hydrogen) atoms. The van der Waals surface area contributed by atoms with Gasteiger partial charge >= 0.3 is 0 Å². The highest BCUT2D eigenvalue weighted by atomic mass is 15.1. The van der Waals surface area contributed by atoms with Crippen molar-refractivity contribution in [3.05, 3.63) is 183 Å². The van der Waals surface area contributed by atoms with Crippen LogP contribution in [0.5, 0.6) is 0 Å². The molecule has 7 aromatic carbocycles. The van der Waals surface area contributed by atoms with E-state index in [1.165, 1.54) is 116 Å². The molecule has 0 amide bonds. The third kappa shape index (κ3) is 5.62. The van der Waals surface area contributed by atoms with Gasteiger partial charge in [0.25, 0.3) is 0 Å². The fraction of sp³-hybridized carbons (Fsp3) is 0.236. The number of para-hydroxylation sites is 1. The number of hydrogen-bond acceptors (Lipinski definition) is 1. The first-order chi connectivity index (χ1) is 28.0. The van der Waals surface area contributed by atoms with E-state index in [1.54, 1.807) is 0 Å². The van der Waals surface area contributed by atoms with E-state index in [0.717, 1.165) is 25.9 Å². The van der Waals surface area contributed by atoms with Crippen LogP contribution in [0.1, 0.15) is 68.5 Å². The summed E-state index contributed by atoms with van der Waals surface area (Å²) in [4.78, 5) is 2.57. The topological polar surface area (TPSA) is 13.1 Å². The molecule has 0 saturated carbocycles. The lowest BCUT2D eigenvalue weighted by atomic mass is 9.68. The Morgan fingerprint density at radius 1 is 0.362 bits per heavy atom. The Morgan fingerprint density at radius 2 is 0.690 bits per heavy atom. The van der Waals surface area contributed by atoms with Gasteiger partial charge in [-0.3, -0.25) is 0 Å². The SMILES string of the molecule is Cc1cc(C)c2c3c(C)cc(C)cc3n(-c3ccc(C4(c5ccc(-n6c7cc(C)cc(C)c7c7c(C)cc(C)cc76)cc5)CCN(c5ccccc5)CC4)cc3)c2c1. The number of rotatable bonds is 5. The zero-order valence-corrected chi connectivity index (χ0v) is 35.3. The Hall–Kier alpha value is -6.06. The highest BCUT2D eigenvalue weighted by Crippen LogP contribution is 2.45. The maximum absolute atomic E-state index is 2.57. The third-order valence-corrected chi connectivity index (χ3v) is 13.4. The summed E-state index contributed by atoms with van der Waals surface area (Å²) in [6.07, 6.45) is 2.08. The molecule has 9 aromatic rings. The van der Waals surface area contributed by atoms with Gasteiger partial charge in [-0.2, -0.15) is 0 Å². The smallest absolute Gasteiger partial charge is 0.0546 e. The maximum Gasteiger partial charge on any atom is 0.0546 e. The van der Waals surface area contributed by atoms with E-state index in [9.17, 15) is 0 Å². The predicted octanol–water partition coefficient (Wildman–Crippen LogP) is 13.9. The van der Waals surface area contributed by atoms with Crippen molar-refractivity contribution in [2.24, 2.45) is 0 Å². The molecule has 1 saturated heterocycles. The van der Waals surface area contributed by atoms with Crippen molar-refractivity contribution in [1.29, 1.82) is 0 Å². The lowest BCUT2D eigenvalue weighted by molar-refractivity contribution is 0.392. The zero-order valence-electron chi connectivity index (χ0n) is 35.3. The summed E-state index contributed by atoms with van der Waals surface area (Å²) in [6.45, 7) is 20.0. The largest absolute Gasteiger partial charge is 0.371 e. The van der Waals surface area contributed by atoms with E-state index < -0.39 is 0 Å². The van der Waals surface area contributed by atoms with Gasteiger partial charge in [-0.1, -0.05) is 66.7 Å². The maximum atomic E-state index is 2.57. The zero-order chi connectivity index (χ0) is 40.0. The van der Waals surface area contributed by atoms with Crippen LogP contribution >= 0.6 is 0 Å². The number of anilines is 1. The Kier molecular flexibility index (Phi) is 8.46. The molecule has 1 fully saturated rings. The van der Waals surface area contributed by atoms with E-state index >= 15 is 0 Å². The highest BCUT2D eigenvalue weighted by Gasteiger charge is 2.38. The van der Waals surface area contributed by atoms with Crippen LogP contribution in [0.4, 0.5) is 5.69 Å². The van der Waals surface area contributed by atoms with Gasteiger partial charge in [-0.05, 0) is 185 Å². The van der Waals surface area contributed by atoms with Crippen LogP contribution in [0.3, 0.4) is 0 Å². The molecule has 0 radical (unpaired) electrons. The molecule has 0 aliphatic carbocycles. The molecule has 2 aromatic heterocycles. The number of aryl methyl sites for hydroxylation is 8. The average Bonchev–Trinajstić information content (AvgIpc) is 3.71. The Labute approximate surface area is 343 Å². The first-order valence-electron chi connectivity index (χ1n) is 21.1. The first-order valence-corrected chi connectivity index (χ1v) is 21.1. The summed E-state index contributed by atoms with van der Waals surface area (Å²) < 4.78 is 5.01. The summed E-state index contributed by atoms with van der Waals surface area (Å²) in [5, 5.41) is 5.47. The molecule has 0 spiro atoms. The number of benzene rings is 7. The molecule has 0 unspecified atom stereocenters. The Morgan fingerprint density at radius 3 is 1.02 bits per heavy atom. The summed E-state index contributed by atoms with van der Waals surface area (Å²) in [7, 11) is 0. The van der Waals surface area contributed by atoms with Crippen molar-refractivity contribution < 1.29 is 0 Å². The van der Waals surface area contributed by atoms with Crippen LogP contribution in [0.2, 0.25) is 0 Å².